The second kappa shape index (κ2) is 10.3. The molecule has 0 radical (unpaired) electrons. The molecule has 1 rings (SSSR count). The lowest BCUT2D eigenvalue weighted by atomic mass is 10.2. The maximum absolute atomic E-state index is 13.0. The van der Waals surface area contributed by atoms with Gasteiger partial charge < -0.3 is 28.4 Å². The molecule has 0 bridgehead atoms. The molecule has 0 aliphatic heterocycles. The van der Waals surface area contributed by atoms with Gasteiger partial charge in [0.2, 0.25) is 0 Å². The van der Waals surface area contributed by atoms with E-state index in [9.17, 15) is 9.59 Å². The molecule has 1 aromatic carbocycles. The summed E-state index contributed by atoms with van der Waals surface area (Å²) in [5.74, 6) is 0.328. The van der Waals surface area contributed by atoms with E-state index in [0.717, 1.165) is 4.90 Å². The van der Waals surface area contributed by atoms with E-state index < -0.39 is 23.4 Å². The fourth-order valence-corrected chi connectivity index (χ4v) is 2.07. The Morgan fingerprint density at radius 2 is 1.17 bits per heavy atom. The van der Waals surface area contributed by atoms with Gasteiger partial charge >= 0.3 is 12.2 Å². The number of methoxy groups -OCH3 is 2. The normalized spacial score (nSPS) is 11.6. The Kier molecular flexibility index (Phi) is 8.72. The number of ether oxygens (including phenoxy) is 6. The van der Waals surface area contributed by atoms with Crippen LogP contribution < -0.4 is 14.4 Å². The lowest BCUT2D eigenvalue weighted by Gasteiger charge is -2.30. The fraction of sp³-hybridized carbons (Fsp3) is 0.600. The van der Waals surface area contributed by atoms with Gasteiger partial charge in [-0.3, -0.25) is 0 Å². The Balaban J connectivity index is 3.54. The van der Waals surface area contributed by atoms with Crippen molar-refractivity contribution < 1.29 is 38.0 Å². The number of carbonyl (C=O) groups is 2. The van der Waals surface area contributed by atoms with Crippen LogP contribution in [-0.2, 0) is 18.9 Å². The quantitative estimate of drug-likeness (QED) is 0.610. The molecule has 29 heavy (non-hydrogen) atoms. The van der Waals surface area contributed by atoms with Crippen molar-refractivity contribution in [3.8, 4) is 11.5 Å². The van der Waals surface area contributed by atoms with Gasteiger partial charge in [-0.1, -0.05) is 6.07 Å². The topological polar surface area (TPSA) is 92.8 Å². The van der Waals surface area contributed by atoms with Crippen LogP contribution in [0.5, 0.6) is 11.5 Å². The summed E-state index contributed by atoms with van der Waals surface area (Å²) < 4.78 is 31.8. The minimum Gasteiger partial charge on any atom is -0.465 e. The molecule has 0 saturated heterocycles. The lowest BCUT2D eigenvalue weighted by molar-refractivity contribution is 0.0377. The van der Waals surface area contributed by atoms with Gasteiger partial charge in [0.05, 0.1) is 0 Å². The van der Waals surface area contributed by atoms with E-state index in [4.69, 9.17) is 28.4 Å². The average Bonchev–Trinajstić information content (AvgIpc) is 2.56. The van der Waals surface area contributed by atoms with Crippen molar-refractivity contribution in [1.29, 1.82) is 0 Å². The SMILES string of the molecule is COCOc1cccc(OCOC)c1N(C(=O)OC(C)(C)C)C(=O)OC(C)(C)C. The van der Waals surface area contributed by atoms with Gasteiger partial charge in [0.15, 0.2) is 25.1 Å². The summed E-state index contributed by atoms with van der Waals surface area (Å²) in [4.78, 5) is 26.7. The number of amides is 2. The first-order chi connectivity index (χ1) is 13.4. The zero-order valence-electron chi connectivity index (χ0n) is 18.4. The predicted molar refractivity (Wildman–Crippen MR) is 106 cm³/mol. The maximum Gasteiger partial charge on any atom is 0.424 e. The Morgan fingerprint density at radius 1 is 0.793 bits per heavy atom. The molecule has 0 heterocycles. The number of benzene rings is 1. The first-order valence-corrected chi connectivity index (χ1v) is 9.02. The highest BCUT2D eigenvalue weighted by Crippen LogP contribution is 2.39. The van der Waals surface area contributed by atoms with Crippen molar-refractivity contribution in [3.63, 3.8) is 0 Å². The zero-order valence-corrected chi connectivity index (χ0v) is 18.4. The molecule has 2 amide bonds. The molecule has 0 aliphatic rings. The van der Waals surface area contributed by atoms with E-state index in [1.807, 2.05) is 0 Å². The summed E-state index contributed by atoms with van der Waals surface area (Å²) in [5.41, 5.74) is -1.69. The van der Waals surface area contributed by atoms with Crippen molar-refractivity contribution in [3.05, 3.63) is 18.2 Å². The molecule has 0 aromatic heterocycles. The Labute approximate surface area is 171 Å². The first kappa shape index (κ1) is 24.5. The molecule has 0 fully saturated rings. The highest BCUT2D eigenvalue weighted by molar-refractivity contribution is 6.11. The van der Waals surface area contributed by atoms with Gasteiger partial charge in [-0.15, -0.1) is 0 Å². The van der Waals surface area contributed by atoms with Crippen LogP contribution in [0.4, 0.5) is 15.3 Å². The lowest BCUT2D eigenvalue weighted by Crippen LogP contribution is -2.44. The number of anilines is 1. The van der Waals surface area contributed by atoms with Crippen molar-refractivity contribution in [2.24, 2.45) is 0 Å². The van der Waals surface area contributed by atoms with Crippen LogP contribution in [0, 0.1) is 0 Å². The van der Waals surface area contributed by atoms with Gasteiger partial charge in [0.25, 0.3) is 0 Å². The first-order valence-electron chi connectivity index (χ1n) is 9.02. The van der Waals surface area contributed by atoms with E-state index in [-0.39, 0.29) is 30.8 Å². The fourth-order valence-electron chi connectivity index (χ4n) is 2.07. The number of nitrogens with zero attached hydrogens (tertiary/aromatic N) is 1. The third kappa shape index (κ3) is 8.16. The molecule has 9 heteroatoms. The maximum atomic E-state index is 13.0. The second-order valence-corrected chi connectivity index (χ2v) is 8.00. The standard InChI is InChI=1S/C20H31NO8/c1-19(2,3)28-17(22)21(18(23)29-20(4,5)6)16-14(26-12-24-7)10-9-11-15(16)27-13-25-8/h9-11H,12-13H2,1-8H3. The summed E-state index contributed by atoms with van der Waals surface area (Å²) in [6, 6.07) is 4.77. The Bertz CT molecular complexity index is 636. The number of para-hydroxylation sites is 1. The number of imide groups is 1. The van der Waals surface area contributed by atoms with E-state index in [1.54, 1.807) is 59.7 Å². The molecule has 0 unspecified atom stereocenters. The third-order valence-corrected chi connectivity index (χ3v) is 3.00. The number of hydrogen-bond donors (Lipinski definition) is 0. The molecule has 0 saturated carbocycles. The van der Waals surface area contributed by atoms with Gasteiger partial charge in [-0.2, -0.15) is 4.90 Å². The third-order valence-electron chi connectivity index (χ3n) is 3.00. The van der Waals surface area contributed by atoms with Crippen LogP contribution in [0.2, 0.25) is 0 Å². The van der Waals surface area contributed by atoms with Gasteiger partial charge in [0, 0.05) is 14.2 Å². The van der Waals surface area contributed by atoms with Crippen LogP contribution in [0.3, 0.4) is 0 Å². The summed E-state index contributed by atoms with van der Waals surface area (Å²) in [6.07, 6.45) is -1.88. The Hall–Kier alpha value is -2.52. The second-order valence-electron chi connectivity index (χ2n) is 8.00. The summed E-state index contributed by atoms with van der Waals surface area (Å²) in [6.45, 7) is 9.90. The molecule has 0 atom stereocenters. The predicted octanol–water partition coefficient (Wildman–Crippen LogP) is 4.33. The summed E-state index contributed by atoms with van der Waals surface area (Å²) in [7, 11) is 2.90. The minimum absolute atomic E-state index is 0.0186. The summed E-state index contributed by atoms with van der Waals surface area (Å²) in [5, 5.41) is 0. The van der Waals surface area contributed by atoms with Crippen molar-refractivity contribution in [2.75, 3.05) is 32.7 Å². The average molecular weight is 413 g/mol. The number of rotatable bonds is 7. The van der Waals surface area contributed by atoms with Gasteiger partial charge in [-0.25, -0.2) is 9.59 Å². The number of hydrogen-bond acceptors (Lipinski definition) is 8. The Morgan fingerprint density at radius 3 is 1.48 bits per heavy atom. The number of carbonyl (C=O) groups excluding carboxylic acids is 2. The highest BCUT2D eigenvalue weighted by atomic mass is 16.7. The van der Waals surface area contributed by atoms with Gasteiger partial charge in [-0.05, 0) is 53.7 Å². The van der Waals surface area contributed by atoms with E-state index in [1.165, 1.54) is 14.2 Å². The monoisotopic (exact) mass is 413 g/mol. The molecule has 0 spiro atoms. The van der Waals surface area contributed by atoms with E-state index in [2.05, 4.69) is 0 Å². The van der Waals surface area contributed by atoms with Crippen LogP contribution in [-0.4, -0.2) is 51.2 Å². The molecule has 0 aliphatic carbocycles. The van der Waals surface area contributed by atoms with Crippen LogP contribution >= 0.6 is 0 Å². The minimum atomic E-state index is -0.942. The molecule has 0 N–H and O–H groups in total. The van der Waals surface area contributed by atoms with Crippen LogP contribution in [0.1, 0.15) is 41.5 Å². The van der Waals surface area contributed by atoms with Crippen molar-refractivity contribution in [1.82, 2.24) is 0 Å². The smallest absolute Gasteiger partial charge is 0.424 e. The van der Waals surface area contributed by atoms with E-state index >= 15 is 0 Å². The van der Waals surface area contributed by atoms with Crippen molar-refractivity contribution >= 4 is 17.9 Å². The molecular formula is C20H31NO8. The largest absolute Gasteiger partial charge is 0.465 e. The van der Waals surface area contributed by atoms with Gasteiger partial charge in [0.1, 0.15) is 16.9 Å². The van der Waals surface area contributed by atoms with E-state index in [0.29, 0.717) is 0 Å². The highest BCUT2D eigenvalue weighted by Gasteiger charge is 2.36. The zero-order chi connectivity index (χ0) is 22.2. The van der Waals surface area contributed by atoms with Crippen LogP contribution in [0.25, 0.3) is 0 Å². The molecule has 164 valence electrons. The molecular weight excluding hydrogens is 382 g/mol. The van der Waals surface area contributed by atoms with Crippen molar-refractivity contribution in [2.45, 2.75) is 52.7 Å². The molecule has 9 nitrogen and oxygen atoms in total. The molecule has 1 aromatic rings. The van der Waals surface area contributed by atoms with Crippen LogP contribution in [0.15, 0.2) is 18.2 Å². The summed E-state index contributed by atoms with van der Waals surface area (Å²) >= 11 is 0.